The number of hydrogen-bond acceptors (Lipinski definition) is 6. The Kier molecular flexibility index (Phi) is 7.75. The predicted molar refractivity (Wildman–Crippen MR) is 138 cm³/mol. The van der Waals surface area contributed by atoms with E-state index in [0.717, 1.165) is 22.4 Å². The van der Waals surface area contributed by atoms with E-state index in [0.29, 0.717) is 68.5 Å². The van der Waals surface area contributed by atoms with Gasteiger partial charge in [0.2, 0.25) is 0 Å². The molecule has 2 aromatic carbocycles. The monoisotopic (exact) mass is 555 g/mol. The lowest BCUT2D eigenvalue weighted by atomic mass is 10.0. The minimum Gasteiger partial charge on any atom is -0.406 e. The summed E-state index contributed by atoms with van der Waals surface area (Å²) >= 11 is 6.59. The number of fused-ring (bicyclic) bond motifs is 1. The Morgan fingerprint density at radius 3 is 2.38 bits per heavy atom. The van der Waals surface area contributed by atoms with Gasteiger partial charge in [0, 0.05) is 69.1 Å². The standard InChI is InChI=1S/C28H25ClF3N5O2/c29-26-12-21(27(38)37-9-7-35(8-10-37)17-23-4-1-20(13-33)14-34-23)11-22-16-36(18-25(22)26)15-19-2-5-24(6-3-19)39-28(30,31)32/h1-6,11-12,14H,7-10,15-18H2. The number of rotatable bonds is 6. The number of carbonyl (C=O) groups is 1. The van der Waals surface area contributed by atoms with Gasteiger partial charge in [0.25, 0.3) is 5.91 Å². The smallest absolute Gasteiger partial charge is 0.406 e. The molecule has 0 bridgehead atoms. The lowest BCUT2D eigenvalue weighted by Crippen LogP contribution is -2.48. The number of piperazine rings is 1. The molecule has 0 spiro atoms. The molecule has 1 saturated heterocycles. The quantitative estimate of drug-likeness (QED) is 0.427. The molecule has 0 unspecified atom stereocenters. The summed E-state index contributed by atoms with van der Waals surface area (Å²) in [4.78, 5) is 23.8. The first-order chi connectivity index (χ1) is 18.7. The summed E-state index contributed by atoms with van der Waals surface area (Å²) in [5, 5.41) is 9.46. The zero-order chi connectivity index (χ0) is 27.6. The lowest BCUT2D eigenvalue weighted by Gasteiger charge is -2.34. The zero-order valence-electron chi connectivity index (χ0n) is 20.9. The van der Waals surface area contributed by atoms with Crippen molar-refractivity contribution in [2.45, 2.75) is 32.5 Å². The average molecular weight is 556 g/mol. The lowest BCUT2D eigenvalue weighted by molar-refractivity contribution is -0.274. The van der Waals surface area contributed by atoms with Crippen LogP contribution in [0, 0.1) is 11.3 Å². The van der Waals surface area contributed by atoms with Gasteiger partial charge in [-0.2, -0.15) is 5.26 Å². The molecule has 3 heterocycles. The van der Waals surface area contributed by atoms with Crippen molar-refractivity contribution in [1.82, 2.24) is 19.7 Å². The van der Waals surface area contributed by atoms with Crippen molar-refractivity contribution in [3.05, 3.63) is 93.3 Å². The molecule has 1 amide bonds. The van der Waals surface area contributed by atoms with Crippen LogP contribution in [0.1, 0.15) is 38.3 Å². The molecule has 0 saturated carbocycles. The summed E-state index contributed by atoms with van der Waals surface area (Å²) < 4.78 is 41.1. The van der Waals surface area contributed by atoms with Gasteiger partial charge in [0.05, 0.1) is 11.3 Å². The van der Waals surface area contributed by atoms with Gasteiger partial charge < -0.3 is 9.64 Å². The maximum absolute atomic E-state index is 13.3. The van der Waals surface area contributed by atoms with Gasteiger partial charge in [-0.1, -0.05) is 23.7 Å². The molecule has 2 aliphatic heterocycles. The van der Waals surface area contributed by atoms with Crippen LogP contribution in [-0.2, 0) is 26.2 Å². The third-order valence-electron chi connectivity index (χ3n) is 6.87. The molecule has 0 aliphatic carbocycles. The first-order valence-corrected chi connectivity index (χ1v) is 12.8. The van der Waals surface area contributed by atoms with Crippen LogP contribution in [0.3, 0.4) is 0 Å². The van der Waals surface area contributed by atoms with E-state index < -0.39 is 6.36 Å². The van der Waals surface area contributed by atoms with E-state index in [4.69, 9.17) is 16.9 Å². The largest absolute Gasteiger partial charge is 0.573 e. The molecule has 2 aliphatic rings. The van der Waals surface area contributed by atoms with Gasteiger partial charge in [0.15, 0.2) is 0 Å². The van der Waals surface area contributed by atoms with Crippen LogP contribution in [0.4, 0.5) is 13.2 Å². The van der Waals surface area contributed by atoms with E-state index in [1.165, 1.54) is 12.1 Å². The number of alkyl halides is 3. The number of nitrogens with zero attached hydrogens (tertiary/aromatic N) is 5. The second-order valence-corrected chi connectivity index (χ2v) is 10.1. The summed E-state index contributed by atoms with van der Waals surface area (Å²) in [5.74, 6) is -0.316. The van der Waals surface area contributed by atoms with Crippen molar-refractivity contribution in [2.24, 2.45) is 0 Å². The van der Waals surface area contributed by atoms with E-state index in [-0.39, 0.29) is 11.7 Å². The van der Waals surface area contributed by atoms with E-state index in [1.807, 2.05) is 17.0 Å². The van der Waals surface area contributed by atoms with Crippen molar-refractivity contribution in [1.29, 1.82) is 5.26 Å². The fourth-order valence-electron chi connectivity index (χ4n) is 4.93. The second kappa shape index (κ2) is 11.2. The summed E-state index contributed by atoms with van der Waals surface area (Å²) in [5.41, 5.74) is 4.75. The van der Waals surface area contributed by atoms with E-state index in [9.17, 15) is 18.0 Å². The van der Waals surface area contributed by atoms with Crippen molar-refractivity contribution in [2.75, 3.05) is 26.2 Å². The molecule has 1 fully saturated rings. The Hall–Kier alpha value is -3.65. The van der Waals surface area contributed by atoms with Crippen molar-refractivity contribution < 1.29 is 22.7 Å². The number of nitriles is 1. The van der Waals surface area contributed by atoms with Crippen LogP contribution in [0.5, 0.6) is 5.75 Å². The van der Waals surface area contributed by atoms with Crippen LogP contribution in [0.15, 0.2) is 54.7 Å². The van der Waals surface area contributed by atoms with Crippen LogP contribution in [0.25, 0.3) is 0 Å². The number of hydrogen-bond donors (Lipinski definition) is 0. The third kappa shape index (κ3) is 6.68. The molecular formula is C28H25ClF3N5O2. The van der Waals surface area contributed by atoms with Crippen LogP contribution < -0.4 is 4.74 Å². The molecule has 202 valence electrons. The second-order valence-electron chi connectivity index (χ2n) is 9.65. The molecule has 3 aromatic rings. The maximum atomic E-state index is 13.3. The highest BCUT2D eigenvalue weighted by Gasteiger charge is 2.31. The molecular weight excluding hydrogens is 531 g/mol. The molecule has 0 radical (unpaired) electrons. The minimum atomic E-state index is -4.72. The van der Waals surface area contributed by atoms with E-state index in [1.54, 1.807) is 30.5 Å². The van der Waals surface area contributed by atoms with Gasteiger partial charge >= 0.3 is 6.36 Å². The predicted octanol–water partition coefficient (Wildman–Crippen LogP) is 4.98. The maximum Gasteiger partial charge on any atom is 0.573 e. The molecule has 5 rings (SSSR count). The topological polar surface area (TPSA) is 72.7 Å². The number of benzene rings is 2. The van der Waals surface area contributed by atoms with E-state index >= 15 is 0 Å². The summed E-state index contributed by atoms with van der Waals surface area (Å²) in [6, 6.07) is 15.1. The van der Waals surface area contributed by atoms with Crippen molar-refractivity contribution in [3.8, 4) is 11.8 Å². The van der Waals surface area contributed by atoms with Gasteiger partial charge in [-0.15, -0.1) is 13.2 Å². The number of aromatic nitrogens is 1. The molecule has 11 heteroatoms. The van der Waals surface area contributed by atoms with Crippen LogP contribution in [-0.4, -0.2) is 58.1 Å². The number of carbonyl (C=O) groups excluding carboxylic acids is 1. The number of pyridine rings is 1. The SMILES string of the molecule is N#Cc1ccc(CN2CCN(C(=O)c3cc(Cl)c4c(c3)CN(Cc3ccc(OC(F)(F)F)cc3)C4)CC2)nc1. The Morgan fingerprint density at radius 1 is 1.00 bits per heavy atom. The van der Waals surface area contributed by atoms with Gasteiger partial charge in [-0.05, 0) is 53.1 Å². The van der Waals surface area contributed by atoms with Crippen LogP contribution in [0.2, 0.25) is 5.02 Å². The molecule has 39 heavy (non-hydrogen) atoms. The van der Waals surface area contributed by atoms with E-state index in [2.05, 4.69) is 25.6 Å². The fraction of sp³-hybridized carbons (Fsp3) is 0.321. The Balaban J connectivity index is 1.17. The Morgan fingerprint density at radius 2 is 1.74 bits per heavy atom. The highest BCUT2D eigenvalue weighted by atomic mass is 35.5. The highest BCUT2D eigenvalue weighted by Crippen LogP contribution is 2.32. The first-order valence-electron chi connectivity index (χ1n) is 12.4. The van der Waals surface area contributed by atoms with Gasteiger partial charge in [0.1, 0.15) is 11.8 Å². The minimum absolute atomic E-state index is 0.0606. The van der Waals surface area contributed by atoms with Crippen LogP contribution >= 0.6 is 11.6 Å². The molecule has 0 N–H and O–H groups in total. The zero-order valence-corrected chi connectivity index (χ0v) is 21.7. The number of amides is 1. The Labute approximate surface area is 229 Å². The van der Waals surface area contributed by atoms with Gasteiger partial charge in [-0.3, -0.25) is 19.6 Å². The number of halogens is 4. The normalized spacial score (nSPS) is 16.1. The summed E-state index contributed by atoms with van der Waals surface area (Å²) in [7, 11) is 0. The fourth-order valence-corrected chi connectivity index (χ4v) is 5.23. The van der Waals surface area contributed by atoms with Gasteiger partial charge in [-0.25, -0.2) is 0 Å². The third-order valence-corrected chi connectivity index (χ3v) is 7.21. The van der Waals surface area contributed by atoms with Crippen molar-refractivity contribution in [3.63, 3.8) is 0 Å². The highest BCUT2D eigenvalue weighted by molar-refractivity contribution is 6.32. The molecule has 0 atom stereocenters. The molecule has 7 nitrogen and oxygen atoms in total. The first kappa shape index (κ1) is 26.9. The summed E-state index contributed by atoms with van der Waals surface area (Å²) in [6.07, 6.45) is -3.15. The Bertz CT molecular complexity index is 1380. The average Bonchev–Trinajstić information content (AvgIpc) is 3.32. The summed E-state index contributed by atoms with van der Waals surface area (Å²) in [6.45, 7) is 4.96. The molecule has 1 aromatic heterocycles. The van der Waals surface area contributed by atoms with Crippen molar-refractivity contribution >= 4 is 17.5 Å². The number of ether oxygens (including phenoxy) is 1.